The first-order valence-corrected chi connectivity index (χ1v) is 8.13. The molecule has 0 atom stereocenters. The molecule has 0 saturated carbocycles. The molecule has 132 valence electrons. The summed E-state index contributed by atoms with van der Waals surface area (Å²) in [6.07, 6.45) is 2.05. The van der Waals surface area contributed by atoms with Gasteiger partial charge in [0.2, 0.25) is 0 Å². The Hall–Kier alpha value is -0.770. The number of thioether (sulfide) groups is 1. The second kappa shape index (κ2) is 10.9. The predicted octanol–water partition coefficient (Wildman–Crippen LogP) is 3.71. The fraction of sp³-hybridized carbons (Fsp3) is 0.533. The number of hydrogen-bond acceptors (Lipinski definition) is 3. The molecule has 1 rings (SSSR count). The van der Waals surface area contributed by atoms with Crippen molar-refractivity contribution in [3.05, 3.63) is 29.8 Å². The lowest BCUT2D eigenvalue weighted by Crippen LogP contribution is -2.43. The first kappa shape index (κ1) is 22.2. The lowest BCUT2D eigenvalue weighted by atomic mass is 10.2. The minimum atomic E-state index is -2.83. The summed E-state index contributed by atoms with van der Waals surface area (Å²) in [7, 11) is 1.67. The van der Waals surface area contributed by atoms with Gasteiger partial charge in [-0.25, -0.2) is 0 Å². The van der Waals surface area contributed by atoms with Gasteiger partial charge in [0.05, 0.1) is 0 Å². The number of benzene rings is 1. The molecule has 0 spiro atoms. The van der Waals surface area contributed by atoms with Gasteiger partial charge in [0, 0.05) is 30.4 Å². The van der Waals surface area contributed by atoms with Crippen LogP contribution in [-0.2, 0) is 6.54 Å². The van der Waals surface area contributed by atoms with Crippen LogP contribution < -0.4 is 15.4 Å². The maximum absolute atomic E-state index is 12.4. The minimum Gasteiger partial charge on any atom is -0.434 e. The number of guanidine groups is 1. The summed E-state index contributed by atoms with van der Waals surface area (Å²) in [4.78, 5) is 4.13. The Labute approximate surface area is 157 Å². The molecule has 1 aromatic carbocycles. The number of alkyl halides is 2. The lowest BCUT2D eigenvalue weighted by molar-refractivity contribution is -0.0504. The van der Waals surface area contributed by atoms with Gasteiger partial charge in [0.25, 0.3) is 0 Å². The van der Waals surface area contributed by atoms with Crippen molar-refractivity contribution >= 4 is 41.7 Å². The van der Waals surface area contributed by atoms with Crippen LogP contribution >= 0.6 is 35.7 Å². The van der Waals surface area contributed by atoms with Crippen LogP contribution in [0.3, 0.4) is 0 Å². The maximum Gasteiger partial charge on any atom is 0.387 e. The molecule has 0 amide bonds. The average Bonchev–Trinajstić information content (AvgIpc) is 2.48. The number of hydrogen-bond donors (Lipinski definition) is 2. The van der Waals surface area contributed by atoms with Crippen LogP contribution in [0.4, 0.5) is 8.78 Å². The van der Waals surface area contributed by atoms with Crippen LogP contribution in [0, 0.1) is 0 Å². The highest BCUT2D eigenvalue weighted by atomic mass is 127. The Balaban J connectivity index is 0.00000484. The van der Waals surface area contributed by atoms with Crippen molar-refractivity contribution in [3.8, 4) is 5.75 Å². The van der Waals surface area contributed by atoms with Gasteiger partial charge in [-0.2, -0.15) is 20.5 Å². The molecule has 0 saturated heterocycles. The van der Waals surface area contributed by atoms with Gasteiger partial charge >= 0.3 is 6.61 Å². The van der Waals surface area contributed by atoms with Gasteiger partial charge in [0.15, 0.2) is 5.96 Å². The lowest BCUT2D eigenvalue weighted by Gasteiger charge is -2.24. The van der Waals surface area contributed by atoms with E-state index < -0.39 is 6.61 Å². The fourth-order valence-corrected chi connectivity index (χ4v) is 1.85. The highest BCUT2D eigenvalue weighted by Crippen LogP contribution is 2.20. The number of nitrogens with one attached hydrogen (secondary N) is 2. The van der Waals surface area contributed by atoms with E-state index in [1.807, 2.05) is 0 Å². The zero-order valence-corrected chi connectivity index (χ0v) is 16.9. The molecular formula is C15H24F2IN3OS. The molecule has 0 aliphatic heterocycles. The average molecular weight is 459 g/mol. The molecule has 0 aliphatic carbocycles. The number of halogens is 3. The summed E-state index contributed by atoms with van der Waals surface area (Å²) in [6.45, 7) is 2.51. The van der Waals surface area contributed by atoms with Crippen LogP contribution in [-0.4, -0.2) is 37.2 Å². The first-order valence-electron chi connectivity index (χ1n) is 6.90. The standard InChI is InChI=1S/C15H23F2N3OS.HI/c1-15(2,22-4)10-20-14(18-3)19-9-11-7-5-6-8-12(11)21-13(16)17;/h5-8,13H,9-10H2,1-4H3,(H2,18,19,20);1H. The van der Waals surface area contributed by atoms with Crippen LogP contribution in [0.1, 0.15) is 19.4 Å². The van der Waals surface area contributed by atoms with Gasteiger partial charge < -0.3 is 15.4 Å². The van der Waals surface area contributed by atoms with Crippen LogP contribution in [0.2, 0.25) is 0 Å². The minimum absolute atomic E-state index is 0. The Morgan fingerprint density at radius 2 is 1.96 bits per heavy atom. The zero-order chi connectivity index (χ0) is 16.6. The Kier molecular flexibility index (Phi) is 10.5. The summed E-state index contributed by atoms with van der Waals surface area (Å²) in [5.74, 6) is 0.791. The van der Waals surface area contributed by atoms with Crippen molar-refractivity contribution in [1.82, 2.24) is 10.6 Å². The van der Waals surface area contributed by atoms with E-state index >= 15 is 0 Å². The second-order valence-electron chi connectivity index (χ2n) is 5.23. The number of para-hydroxylation sites is 1. The summed E-state index contributed by atoms with van der Waals surface area (Å²) >= 11 is 1.75. The quantitative estimate of drug-likeness (QED) is 0.371. The highest BCUT2D eigenvalue weighted by Gasteiger charge is 2.16. The summed E-state index contributed by atoms with van der Waals surface area (Å²) in [5.41, 5.74) is 0.648. The van der Waals surface area contributed by atoms with E-state index in [0.29, 0.717) is 18.1 Å². The van der Waals surface area contributed by atoms with Crippen LogP contribution in [0.25, 0.3) is 0 Å². The SMILES string of the molecule is CN=C(NCc1ccccc1OC(F)F)NCC(C)(C)SC.I. The van der Waals surface area contributed by atoms with Crippen molar-refractivity contribution in [2.45, 2.75) is 31.8 Å². The third-order valence-electron chi connectivity index (χ3n) is 3.09. The molecule has 0 heterocycles. The molecule has 0 radical (unpaired) electrons. The van der Waals surface area contributed by atoms with E-state index in [0.717, 1.165) is 6.54 Å². The van der Waals surface area contributed by atoms with Crippen molar-refractivity contribution in [1.29, 1.82) is 0 Å². The highest BCUT2D eigenvalue weighted by molar-refractivity contribution is 14.0. The molecule has 4 nitrogen and oxygen atoms in total. The van der Waals surface area contributed by atoms with Gasteiger partial charge in [-0.05, 0) is 26.2 Å². The van der Waals surface area contributed by atoms with E-state index in [9.17, 15) is 8.78 Å². The number of nitrogens with zero attached hydrogens (tertiary/aromatic N) is 1. The van der Waals surface area contributed by atoms with E-state index in [1.165, 1.54) is 6.07 Å². The van der Waals surface area contributed by atoms with E-state index in [4.69, 9.17) is 0 Å². The van der Waals surface area contributed by atoms with Gasteiger partial charge in [-0.3, -0.25) is 4.99 Å². The molecule has 1 aromatic rings. The van der Waals surface area contributed by atoms with E-state index in [2.05, 4.69) is 40.5 Å². The summed E-state index contributed by atoms with van der Waals surface area (Å²) in [6, 6.07) is 6.71. The molecule has 0 fully saturated rings. The number of rotatable bonds is 7. The van der Waals surface area contributed by atoms with Gasteiger partial charge in [-0.15, -0.1) is 24.0 Å². The fourth-order valence-electron chi connectivity index (χ4n) is 1.63. The number of ether oxygens (including phenoxy) is 1. The molecule has 2 N–H and O–H groups in total. The molecule has 23 heavy (non-hydrogen) atoms. The Morgan fingerprint density at radius 3 is 2.52 bits per heavy atom. The van der Waals surface area contributed by atoms with Gasteiger partial charge in [-0.1, -0.05) is 18.2 Å². The summed E-state index contributed by atoms with van der Waals surface area (Å²) < 4.78 is 29.3. The van der Waals surface area contributed by atoms with Crippen molar-refractivity contribution < 1.29 is 13.5 Å². The Morgan fingerprint density at radius 1 is 1.30 bits per heavy atom. The molecule has 0 bridgehead atoms. The monoisotopic (exact) mass is 459 g/mol. The first-order chi connectivity index (χ1) is 10.4. The zero-order valence-electron chi connectivity index (χ0n) is 13.7. The van der Waals surface area contributed by atoms with Crippen LogP contribution in [0.5, 0.6) is 5.75 Å². The normalized spacial score (nSPS) is 11.9. The van der Waals surface area contributed by atoms with E-state index in [-0.39, 0.29) is 34.5 Å². The molecule has 0 aliphatic rings. The largest absolute Gasteiger partial charge is 0.434 e. The van der Waals surface area contributed by atoms with Crippen molar-refractivity contribution in [3.63, 3.8) is 0 Å². The third-order valence-corrected chi connectivity index (χ3v) is 4.34. The third kappa shape index (κ3) is 8.59. The van der Waals surface area contributed by atoms with Crippen molar-refractivity contribution in [2.24, 2.45) is 4.99 Å². The smallest absolute Gasteiger partial charge is 0.387 e. The predicted molar refractivity (Wildman–Crippen MR) is 104 cm³/mol. The summed E-state index contributed by atoms with van der Waals surface area (Å²) in [5, 5.41) is 6.32. The van der Waals surface area contributed by atoms with Gasteiger partial charge in [0.1, 0.15) is 5.75 Å². The molecule has 8 heteroatoms. The topological polar surface area (TPSA) is 45.7 Å². The van der Waals surface area contributed by atoms with Crippen LogP contribution in [0.15, 0.2) is 29.3 Å². The Bertz CT molecular complexity index is 501. The molecule has 0 aromatic heterocycles. The molecule has 0 unspecified atom stereocenters. The number of aliphatic imine (C=N–C) groups is 1. The van der Waals surface area contributed by atoms with E-state index in [1.54, 1.807) is 37.0 Å². The second-order valence-corrected chi connectivity index (χ2v) is 6.74. The van der Waals surface area contributed by atoms with Crippen molar-refractivity contribution in [2.75, 3.05) is 19.8 Å². The maximum atomic E-state index is 12.4. The molecular weight excluding hydrogens is 435 g/mol.